The fourth-order valence-electron chi connectivity index (χ4n) is 3.54. The first kappa shape index (κ1) is 22.4. The number of H-pyrrole nitrogens is 1. The van der Waals surface area contributed by atoms with Crippen LogP contribution in [0.2, 0.25) is 0 Å². The number of carboxylic acids is 1. The maximum atomic E-state index is 12.0. The van der Waals surface area contributed by atoms with Gasteiger partial charge in [-0.3, -0.25) is 4.79 Å². The second-order valence-corrected chi connectivity index (χ2v) is 7.94. The number of carboxylic acid groups (broad SMARTS) is 1. The molecule has 2 heterocycles. The highest BCUT2D eigenvalue weighted by Gasteiger charge is 2.33. The molecule has 0 aliphatic rings. The van der Waals surface area contributed by atoms with Crippen LogP contribution in [-0.4, -0.2) is 43.2 Å². The van der Waals surface area contributed by atoms with Crippen LogP contribution < -0.4 is 10.5 Å². The number of nitrogens with one attached hydrogen (secondary N) is 1. The lowest BCUT2D eigenvalue weighted by molar-refractivity contribution is -0.143. The lowest BCUT2D eigenvalue weighted by atomic mass is 9.81. The van der Waals surface area contributed by atoms with E-state index < -0.39 is 17.8 Å². The van der Waals surface area contributed by atoms with E-state index in [0.717, 1.165) is 17.5 Å². The van der Waals surface area contributed by atoms with Crippen molar-refractivity contribution in [3.8, 4) is 11.6 Å². The number of ether oxygens (including phenoxy) is 1. The molecule has 0 aliphatic carbocycles. The van der Waals surface area contributed by atoms with E-state index in [-0.39, 0.29) is 5.92 Å². The molecular weight excluding hydrogens is 396 g/mol. The molecule has 4 N–H and O–H groups in total. The molecule has 3 aromatic rings. The Balaban J connectivity index is 1.72. The van der Waals surface area contributed by atoms with Crippen LogP contribution >= 0.6 is 0 Å². The molecule has 1 aromatic carbocycles. The third kappa shape index (κ3) is 6.32. The molecule has 9 nitrogen and oxygen atoms in total. The van der Waals surface area contributed by atoms with Crippen molar-refractivity contribution in [3.63, 3.8) is 0 Å². The minimum absolute atomic E-state index is 0.223. The summed E-state index contributed by atoms with van der Waals surface area (Å²) in [5.41, 5.74) is 7.60. The first-order chi connectivity index (χ1) is 15.0. The number of tetrazole rings is 1. The van der Waals surface area contributed by atoms with Gasteiger partial charge in [-0.05, 0) is 55.0 Å². The Morgan fingerprint density at radius 1 is 1.16 bits per heavy atom. The molecule has 9 heteroatoms. The van der Waals surface area contributed by atoms with Gasteiger partial charge in [0, 0.05) is 18.2 Å². The van der Waals surface area contributed by atoms with Crippen molar-refractivity contribution >= 4 is 5.97 Å². The van der Waals surface area contributed by atoms with Crippen molar-refractivity contribution in [1.29, 1.82) is 0 Å². The second-order valence-electron chi connectivity index (χ2n) is 7.94. The van der Waals surface area contributed by atoms with Crippen molar-refractivity contribution in [2.24, 2.45) is 17.6 Å². The van der Waals surface area contributed by atoms with Crippen LogP contribution in [0.25, 0.3) is 0 Å². The van der Waals surface area contributed by atoms with Crippen LogP contribution in [0, 0.1) is 11.8 Å². The van der Waals surface area contributed by atoms with Gasteiger partial charge in [0.15, 0.2) is 5.82 Å². The first-order valence-corrected chi connectivity index (χ1v) is 10.3. The fourth-order valence-corrected chi connectivity index (χ4v) is 3.54. The van der Waals surface area contributed by atoms with E-state index in [1.807, 2.05) is 44.2 Å². The molecule has 0 fully saturated rings. The Morgan fingerprint density at radius 3 is 2.45 bits per heavy atom. The Hall–Kier alpha value is -3.33. The molecule has 0 aliphatic heterocycles. The third-order valence-electron chi connectivity index (χ3n) is 5.05. The van der Waals surface area contributed by atoms with Crippen LogP contribution in [-0.2, 0) is 17.6 Å². The van der Waals surface area contributed by atoms with E-state index in [1.165, 1.54) is 0 Å². The zero-order valence-corrected chi connectivity index (χ0v) is 17.7. The highest BCUT2D eigenvalue weighted by atomic mass is 16.5. The lowest BCUT2D eigenvalue weighted by Crippen LogP contribution is -2.26. The molecule has 31 heavy (non-hydrogen) atoms. The second kappa shape index (κ2) is 10.6. The van der Waals surface area contributed by atoms with Crippen molar-refractivity contribution < 1.29 is 14.6 Å². The molecule has 0 radical (unpaired) electrons. The van der Waals surface area contributed by atoms with Gasteiger partial charge in [-0.15, -0.1) is 10.2 Å². The molecular formula is C22H28N6O3. The minimum atomic E-state index is -0.866. The van der Waals surface area contributed by atoms with Gasteiger partial charge < -0.3 is 15.6 Å². The Bertz CT molecular complexity index is 942. The predicted octanol–water partition coefficient (Wildman–Crippen LogP) is 2.96. The quantitative estimate of drug-likeness (QED) is 0.427. The number of nitrogens with two attached hydrogens (primary N) is 1. The standard InChI is InChI=1S/C22H28N6O3/c1-14(2)11-19(22(29)30)18(21-25-27-28-26-21)12-16-5-8-20(24-13-16)31-17-6-3-15(4-7-17)9-10-23/h3-8,13-14,18-19H,9-12,23H2,1-2H3,(H,29,30)(H,25,26,27,28)/t18-,19-/m0/s1. The average molecular weight is 425 g/mol. The van der Waals surface area contributed by atoms with Gasteiger partial charge in [-0.25, -0.2) is 4.98 Å². The predicted molar refractivity (Wildman–Crippen MR) is 115 cm³/mol. The van der Waals surface area contributed by atoms with Crippen molar-refractivity contribution in [2.75, 3.05) is 6.54 Å². The minimum Gasteiger partial charge on any atom is -0.481 e. The summed E-state index contributed by atoms with van der Waals surface area (Å²) in [5.74, 6) is -0.138. The maximum absolute atomic E-state index is 12.0. The molecule has 0 saturated carbocycles. The SMILES string of the molecule is CC(C)C[C@H](C(=O)O)[C@H](Cc1ccc(Oc2ccc(CCN)cc2)nc1)c1nn[nH]n1. The molecule has 0 spiro atoms. The summed E-state index contributed by atoms with van der Waals surface area (Å²) in [6, 6.07) is 11.4. The molecule has 0 unspecified atom stereocenters. The van der Waals surface area contributed by atoms with E-state index >= 15 is 0 Å². The highest BCUT2D eigenvalue weighted by Crippen LogP contribution is 2.31. The number of pyridine rings is 1. The zero-order chi connectivity index (χ0) is 22.2. The van der Waals surface area contributed by atoms with Crippen molar-refractivity contribution in [3.05, 3.63) is 59.5 Å². The van der Waals surface area contributed by atoms with Crippen LogP contribution in [0.5, 0.6) is 11.6 Å². The number of nitrogens with zero attached hydrogens (tertiary/aromatic N) is 4. The van der Waals surface area contributed by atoms with Gasteiger partial charge in [0.1, 0.15) is 5.75 Å². The fraction of sp³-hybridized carbons (Fsp3) is 0.409. The normalized spacial score (nSPS) is 13.2. The molecule has 3 rings (SSSR count). The van der Waals surface area contributed by atoms with Gasteiger partial charge in [0.05, 0.1) is 5.92 Å². The zero-order valence-electron chi connectivity index (χ0n) is 17.7. The smallest absolute Gasteiger partial charge is 0.307 e. The van der Waals surface area contributed by atoms with Crippen LogP contribution in [0.3, 0.4) is 0 Å². The number of benzene rings is 1. The number of aromatic amines is 1. The summed E-state index contributed by atoms with van der Waals surface area (Å²) in [6.07, 6.45) is 3.47. The number of aromatic nitrogens is 5. The van der Waals surface area contributed by atoms with Gasteiger partial charge in [-0.2, -0.15) is 5.21 Å². The first-order valence-electron chi connectivity index (χ1n) is 10.3. The van der Waals surface area contributed by atoms with E-state index in [9.17, 15) is 9.90 Å². The van der Waals surface area contributed by atoms with E-state index in [4.69, 9.17) is 10.5 Å². The van der Waals surface area contributed by atoms with Crippen LogP contribution in [0.4, 0.5) is 0 Å². The number of hydrogen-bond acceptors (Lipinski definition) is 7. The van der Waals surface area contributed by atoms with E-state index in [0.29, 0.717) is 36.8 Å². The van der Waals surface area contributed by atoms with Gasteiger partial charge in [0.2, 0.25) is 5.88 Å². The van der Waals surface area contributed by atoms with Crippen LogP contribution in [0.15, 0.2) is 42.6 Å². The molecule has 164 valence electrons. The molecule has 2 atom stereocenters. The largest absolute Gasteiger partial charge is 0.481 e. The topological polar surface area (TPSA) is 140 Å². The van der Waals surface area contributed by atoms with E-state index in [1.54, 1.807) is 12.3 Å². The van der Waals surface area contributed by atoms with Gasteiger partial charge in [0.25, 0.3) is 0 Å². The highest BCUT2D eigenvalue weighted by molar-refractivity contribution is 5.71. The Labute approximate surface area is 181 Å². The van der Waals surface area contributed by atoms with Gasteiger partial charge in [-0.1, -0.05) is 37.3 Å². The van der Waals surface area contributed by atoms with Crippen molar-refractivity contribution in [1.82, 2.24) is 25.6 Å². The maximum Gasteiger partial charge on any atom is 0.307 e. The number of aliphatic carboxylic acids is 1. The van der Waals surface area contributed by atoms with Gasteiger partial charge >= 0.3 is 5.97 Å². The number of carbonyl (C=O) groups is 1. The molecule has 0 saturated heterocycles. The number of hydrogen-bond donors (Lipinski definition) is 3. The number of rotatable bonds is 11. The average Bonchev–Trinajstić information content (AvgIpc) is 3.28. The molecule has 2 aromatic heterocycles. The summed E-state index contributed by atoms with van der Waals surface area (Å²) in [4.78, 5) is 16.3. The van der Waals surface area contributed by atoms with Crippen LogP contribution in [0.1, 0.15) is 43.1 Å². The lowest BCUT2D eigenvalue weighted by Gasteiger charge is -2.23. The Kier molecular flexibility index (Phi) is 7.66. The summed E-state index contributed by atoms with van der Waals surface area (Å²) in [6.45, 7) is 4.60. The molecule has 0 amide bonds. The Morgan fingerprint density at radius 2 is 1.90 bits per heavy atom. The molecule has 0 bridgehead atoms. The summed E-state index contributed by atoms with van der Waals surface area (Å²) in [5, 5.41) is 23.9. The monoisotopic (exact) mass is 424 g/mol. The third-order valence-corrected chi connectivity index (χ3v) is 5.05. The van der Waals surface area contributed by atoms with Crippen molar-refractivity contribution in [2.45, 2.75) is 39.0 Å². The summed E-state index contributed by atoms with van der Waals surface area (Å²) < 4.78 is 5.81. The summed E-state index contributed by atoms with van der Waals surface area (Å²) in [7, 11) is 0. The summed E-state index contributed by atoms with van der Waals surface area (Å²) >= 11 is 0. The van der Waals surface area contributed by atoms with E-state index in [2.05, 4.69) is 25.6 Å².